The highest BCUT2D eigenvalue weighted by atomic mass is 16.1. The molecule has 1 aliphatic rings. The number of nitrogens with zero attached hydrogens (tertiary/aromatic N) is 3. The van der Waals surface area contributed by atoms with Crippen LogP contribution in [0.15, 0.2) is 23.1 Å². The summed E-state index contributed by atoms with van der Waals surface area (Å²) in [6.45, 7) is 7.32. The van der Waals surface area contributed by atoms with Crippen molar-refractivity contribution in [2.45, 2.75) is 26.4 Å². The van der Waals surface area contributed by atoms with E-state index in [0.29, 0.717) is 12.0 Å². The quantitative estimate of drug-likeness (QED) is 0.728. The zero-order chi connectivity index (χ0) is 10.8. The van der Waals surface area contributed by atoms with Crippen molar-refractivity contribution in [3.05, 3.63) is 28.7 Å². The van der Waals surface area contributed by atoms with Crippen LogP contribution in [0.4, 0.5) is 0 Å². The molecule has 0 amide bonds. The van der Waals surface area contributed by atoms with E-state index in [1.54, 1.807) is 23.0 Å². The third-order valence-electron chi connectivity index (χ3n) is 2.93. The molecule has 1 fully saturated rings. The summed E-state index contributed by atoms with van der Waals surface area (Å²) in [6, 6.07) is 3.85. The number of hydrogen-bond acceptors (Lipinski definition) is 3. The minimum atomic E-state index is 0.000460. The predicted octanol–water partition coefficient (Wildman–Crippen LogP) is 0.583. The Morgan fingerprint density at radius 1 is 1.53 bits per heavy atom. The Morgan fingerprint density at radius 2 is 2.27 bits per heavy atom. The molecule has 0 aromatic carbocycles. The summed E-state index contributed by atoms with van der Waals surface area (Å²) in [7, 11) is 0. The van der Waals surface area contributed by atoms with Gasteiger partial charge in [-0.05, 0) is 19.9 Å². The summed E-state index contributed by atoms with van der Waals surface area (Å²) in [5, 5.41) is 4.06. The Hall–Kier alpha value is -1.16. The van der Waals surface area contributed by atoms with Crippen LogP contribution in [-0.4, -0.2) is 33.8 Å². The van der Waals surface area contributed by atoms with E-state index in [0.717, 1.165) is 19.6 Å². The molecule has 82 valence electrons. The lowest BCUT2D eigenvalue weighted by atomic mass is 9.98. The fraction of sp³-hybridized carbons (Fsp3) is 0.636. The summed E-state index contributed by atoms with van der Waals surface area (Å²) in [6.07, 6.45) is 1.67. The summed E-state index contributed by atoms with van der Waals surface area (Å²) in [5.41, 5.74) is 0.000460. The van der Waals surface area contributed by atoms with Crippen LogP contribution in [0.1, 0.15) is 13.8 Å². The second-order valence-electron chi connectivity index (χ2n) is 4.46. The molecule has 4 heteroatoms. The fourth-order valence-electron chi connectivity index (χ4n) is 1.92. The van der Waals surface area contributed by atoms with Crippen molar-refractivity contribution in [1.29, 1.82) is 0 Å². The van der Waals surface area contributed by atoms with E-state index >= 15 is 0 Å². The van der Waals surface area contributed by atoms with Gasteiger partial charge in [-0.3, -0.25) is 4.79 Å². The molecule has 0 spiro atoms. The summed E-state index contributed by atoms with van der Waals surface area (Å²) in [4.78, 5) is 13.8. The molecule has 2 rings (SSSR count). The van der Waals surface area contributed by atoms with Crippen molar-refractivity contribution in [3.63, 3.8) is 0 Å². The molecule has 1 saturated heterocycles. The van der Waals surface area contributed by atoms with E-state index in [9.17, 15) is 4.79 Å². The number of likely N-dealkylation sites (tertiary alicyclic amines) is 1. The van der Waals surface area contributed by atoms with Gasteiger partial charge in [-0.25, -0.2) is 4.68 Å². The van der Waals surface area contributed by atoms with Gasteiger partial charge in [-0.2, -0.15) is 5.10 Å². The average molecular weight is 207 g/mol. The Morgan fingerprint density at radius 3 is 2.87 bits per heavy atom. The van der Waals surface area contributed by atoms with E-state index in [-0.39, 0.29) is 5.56 Å². The van der Waals surface area contributed by atoms with Crippen LogP contribution in [0, 0.1) is 5.92 Å². The topological polar surface area (TPSA) is 38.1 Å². The van der Waals surface area contributed by atoms with Gasteiger partial charge in [0.2, 0.25) is 0 Å². The zero-order valence-corrected chi connectivity index (χ0v) is 9.26. The van der Waals surface area contributed by atoms with Gasteiger partial charge in [0.15, 0.2) is 0 Å². The van der Waals surface area contributed by atoms with Crippen LogP contribution in [0.25, 0.3) is 0 Å². The molecule has 2 heterocycles. The van der Waals surface area contributed by atoms with Crippen molar-refractivity contribution in [1.82, 2.24) is 14.7 Å². The molecule has 0 aliphatic carbocycles. The van der Waals surface area contributed by atoms with Crippen molar-refractivity contribution in [2.24, 2.45) is 5.92 Å². The maximum Gasteiger partial charge on any atom is 0.266 e. The molecule has 0 N–H and O–H groups in total. The van der Waals surface area contributed by atoms with E-state index in [1.165, 1.54) is 0 Å². The maximum atomic E-state index is 11.4. The first-order valence-corrected chi connectivity index (χ1v) is 5.43. The Balaban J connectivity index is 1.91. The number of rotatable bonds is 3. The molecule has 0 radical (unpaired) electrons. The minimum Gasteiger partial charge on any atom is -0.300 e. The van der Waals surface area contributed by atoms with Gasteiger partial charge in [0.25, 0.3) is 5.56 Å². The number of aromatic nitrogens is 2. The van der Waals surface area contributed by atoms with Crippen molar-refractivity contribution < 1.29 is 0 Å². The first kappa shape index (κ1) is 10.4. The minimum absolute atomic E-state index is 0.000460. The highest BCUT2D eigenvalue weighted by molar-refractivity contribution is 4.87. The van der Waals surface area contributed by atoms with Crippen LogP contribution in [0.2, 0.25) is 0 Å². The Labute approximate surface area is 89.5 Å². The summed E-state index contributed by atoms with van der Waals surface area (Å²) in [5.74, 6) is 0.583. The lowest BCUT2D eigenvalue weighted by Crippen LogP contribution is -2.52. The summed E-state index contributed by atoms with van der Waals surface area (Å²) < 4.78 is 1.56. The van der Waals surface area contributed by atoms with Crippen LogP contribution in [0.5, 0.6) is 0 Å². The third kappa shape index (κ3) is 2.26. The molecule has 0 bridgehead atoms. The molecule has 1 aromatic rings. The maximum absolute atomic E-state index is 11.4. The van der Waals surface area contributed by atoms with Crippen molar-refractivity contribution >= 4 is 0 Å². The highest BCUT2D eigenvalue weighted by Crippen LogP contribution is 2.18. The largest absolute Gasteiger partial charge is 0.300 e. The van der Waals surface area contributed by atoms with E-state index in [2.05, 4.69) is 23.8 Å². The molecule has 0 atom stereocenters. The standard InChI is InChI=1S/C11H17N3O/c1-9(2)13-6-10(7-13)8-14-11(15)4-3-5-12-14/h3-5,9-10H,6-8H2,1-2H3. The molecule has 4 nitrogen and oxygen atoms in total. The van der Waals surface area contributed by atoms with Crippen molar-refractivity contribution in [3.8, 4) is 0 Å². The average Bonchev–Trinajstić information content (AvgIpc) is 2.12. The van der Waals surface area contributed by atoms with Gasteiger partial charge in [-0.1, -0.05) is 0 Å². The van der Waals surface area contributed by atoms with E-state index in [4.69, 9.17) is 0 Å². The van der Waals surface area contributed by atoms with Crippen LogP contribution in [-0.2, 0) is 6.54 Å². The molecule has 0 unspecified atom stereocenters. The second-order valence-corrected chi connectivity index (χ2v) is 4.46. The smallest absolute Gasteiger partial charge is 0.266 e. The zero-order valence-electron chi connectivity index (χ0n) is 9.26. The van der Waals surface area contributed by atoms with Crippen molar-refractivity contribution in [2.75, 3.05) is 13.1 Å². The molecular formula is C11H17N3O. The Kier molecular flexibility index (Phi) is 2.86. The third-order valence-corrected chi connectivity index (χ3v) is 2.93. The molecule has 15 heavy (non-hydrogen) atoms. The monoisotopic (exact) mass is 207 g/mol. The van der Waals surface area contributed by atoms with Gasteiger partial charge in [-0.15, -0.1) is 0 Å². The van der Waals surface area contributed by atoms with E-state index in [1.807, 2.05) is 0 Å². The summed E-state index contributed by atoms with van der Waals surface area (Å²) >= 11 is 0. The van der Waals surface area contributed by atoms with Gasteiger partial charge in [0, 0.05) is 37.3 Å². The predicted molar refractivity (Wildman–Crippen MR) is 58.7 cm³/mol. The molecule has 0 saturated carbocycles. The van der Waals surface area contributed by atoms with Gasteiger partial charge < -0.3 is 4.90 Å². The van der Waals surface area contributed by atoms with Crippen LogP contribution >= 0.6 is 0 Å². The second kappa shape index (κ2) is 4.14. The first-order valence-electron chi connectivity index (χ1n) is 5.43. The lowest BCUT2D eigenvalue weighted by molar-refractivity contribution is 0.0545. The SMILES string of the molecule is CC(C)N1CC(Cn2ncccc2=O)C1. The van der Waals surface area contributed by atoms with E-state index < -0.39 is 0 Å². The Bertz CT molecular complexity index is 379. The van der Waals surface area contributed by atoms with Gasteiger partial charge in [0.1, 0.15) is 0 Å². The van der Waals surface area contributed by atoms with Crippen LogP contribution < -0.4 is 5.56 Å². The van der Waals surface area contributed by atoms with Gasteiger partial charge >= 0.3 is 0 Å². The molecule has 1 aliphatic heterocycles. The van der Waals surface area contributed by atoms with Crippen LogP contribution in [0.3, 0.4) is 0 Å². The normalized spacial score (nSPS) is 18.1. The first-order chi connectivity index (χ1) is 7.16. The highest BCUT2D eigenvalue weighted by Gasteiger charge is 2.28. The fourth-order valence-corrected chi connectivity index (χ4v) is 1.92. The lowest BCUT2D eigenvalue weighted by Gasteiger charge is -2.42. The number of hydrogen-bond donors (Lipinski definition) is 0. The van der Waals surface area contributed by atoms with Gasteiger partial charge in [0.05, 0.1) is 6.54 Å². The molecule has 1 aromatic heterocycles. The molecular weight excluding hydrogens is 190 g/mol.